The van der Waals surface area contributed by atoms with Gasteiger partial charge < -0.3 is 24.9 Å². The highest BCUT2D eigenvalue weighted by Gasteiger charge is 2.17. The van der Waals surface area contributed by atoms with Crippen molar-refractivity contribution in [3.05, 3.63) is 0 Å². The Labute approximate surface area is 163 Å². The molecule has 0 aromatic rings. The SMILES string of the molecule is CCN1CCN(C)CCN(C)CCN(CC(=O)O)CCN(CC(=O)O)CC1. The molecule has 0 aromatic carbocycles. The van der Waals surface area contributed by atoms with Crippen LogP contribution in [0.4, 0.5) is 0 Å². The molecule has 0 bridgehead atoms. The standard InChI is InChI=1S/C18H37N5O4/c1-4-21-9-7-19(2)5-6-20(3)8-10-22(15-17(24)25)13-14-23(12-11-21)16-18(26)27/h4-16H2,1-3H3,(H,24,25)(H,26,27). The fraction of sp³-hybridized carbons (Fsp3) is 0.889. The molecule has 158 valence electrons. The van der Waals surface area contributed by atoms with E-state index in [0.717, 1.165) is 45.8 Å². The first-order valence-electron chi connectivity index (χ1n) is 9.78. The van der Waals surface area contributed by atoms with Gasteiger partial charge in [-0.2, -0.15) is 0 Å². The summed E-state index contributed by atoms with van der Waals surface area (Å²) in [4.78, 5) is 33.1. The van der Waals surface area contributed by atoms with Gasteiger partial charge in [0.25, 0.3) is 0 Å². The average Bonchev–Trinajstić information content (AvgIpc) is 2.60. The van der Waals surface area contributed by atoms with Gasteiger partial charge in [0.05, 0.1) is 13.1 Å². The first-order valence-corrected chi connectivity index (χ1v) is 9.78. The molecule has 0 aliphatic carbocycles. The first-order chi connectivity index (χ1) is 12.8. The molecular formula is C18H37N5O4. The zero-order valence-corrected chi connectivity index (χ0v) is 17.1. The summed E-state index contributed by atoms with van der Waals surface area (Å²) in [5.74, 6) is -1.70. The van der Waals surface area contributed by atoms with Gasteiger partial charge in [-0.3, -0.25) is 19.4 Å². The van der Waals surface area contributed by atoms with Crippen LogP contribution < -0.4 is 0 Å². The maximum Gasteiger partial charge on any atom is 0.317 e. The van der Waals surface area contributed by atoms with Gasteiger partial charge in [-0.25, -0.2) is 0 Å². The van der Waals surface area contributed by atoms with Crippen molar-refractivity contribution >= 4 is 11.9 Å². The average molecular weight is 388 g/mol. The summed E-state index contributed by atoms with van der Waals surface area (Å²) in [6, 6.07) is 0. The number of carboxylic acids is 2. The Morgan fingerprint density at radius 1 is 0.630 bits per heavy atom. The van der Waals surface area contributed by atoms with Gasteiger partial charge in [-0.15, -0.1) is 0 Å². The fourth-order valence-electron chi connectivity index (χ4n) is 3.11. The number of hydrogen-bond donors (Lipinski definition) is 2. The largest absolute Gasteiger partial charge is 0.480 e. The van der Waals surface area contributed by atoms with Crippen LogP contribution in [0, 0.1) is 0 Å². The molecule has 1 saturated heterocycles. The second-order valence-electron chi connectivity index (χ2n) is 7.38. The molecular weight excluding hydrogens is 350 g/mol. The van der Waals surface area contributed by atoms with E-state index in [9.17, 15) is 19.8 Å². The Hall–Kier alpha value is -1.26. The van der Waals surface area contributed by atoms with Crippen LogP contribution in [0.1, 0.15) is 6.92 Å². The molecule has 0 radical (unpaired) electrons. The van der Waals surface area contributed by atoms with Crippen LogP contribution in [-0.4, -0.2) is 146 Å². The van der Waals surface area contributed by atoms with Crippen LogP contribution in [0.5, 0.6) is 0 Å². The number of nitrogens with zero attached hydrogens (tertiary/aromatic N) is 5. The van der Waals surface area contributed by atoms with Crippen LogP contribution in [0.25, 0.3) is 0 Å². The Kier molecular flexibility index (Phi) is 11.5. The predicted molar refractivity (Wildman–Crippen MR) is 105 cm³/mol. The minimum Gasteiger partial charge on any atom is -0.480 e. The molecule has 1 rings (SSSR count). The molecule has 0 saturated carbocycles. The minimum absolute atomic E-state index is 0.0156. The zero-order chi connectivity index (χ0) is 20.2. The van der Waals surface area contributed by atoms with E-state index in [0.29, 0.717) is 26.2 Å². The highest BCUT2D eigenvalue weighted by molar-refractivity contribution is 5.69. The summed E-state index contributed by atoms with van der Waals surface area (Å²) < 4.78 is 0. The number of carbonyl (C=O) groups is 2. The van der Waals surface area contributed by atoms with Crippen LogP contribution in [0.15, 0.2) is 0 Å². The van der Waals surface area contributed by atoms with E-state index < -0.39 is 11.9 Å². The van der Waals surface area contributed by atoms with Crippen molar-refractivity contribution in [2.45, 2.75) is 6.92 Å². The lowest BCUT2D eigenvalue weighted by atomic mass is 10.3. The molecule has 27 heavy (non-hydrogen) atoms. The van der Waals surface area contributed by atoms with Gasteiger partial charge in [0.2, 0.25) is 0 Å². The molecule has 0 amide bonds. The normalized spacial score (nSPS) is 22.2. The van der Waals surface area contributed by atoms with Crippen LogP contribution in [0.2, 0.25) is 0 Å². The summed E-state index contributed by atoms with van der Waals surface area (Å²) in [6.07, 6.45) is 0. The van der Waals surface area contributed by atoms with Gasteiger partial charge in [0.1, 0.15) is 0 Å². The van der Waals surface area contributed by atoms with E-state index in [-0.39, 0.29) is 13.1 Å². The molecule has 9 nitrogen and oxygen atoms in total. The van der Waals surface area contributed by atoms with Crippen molar-refractivity contribution in [1.82, 2.24) is 24.5 Å². The third kappa shape index (κ3) is 11.2. The molecule has 2 N–H and O–H groups in total. The molecule has 1 aliphatic heterocycles. The van der Waals surface area contributed by atoms with E-state index in [1.54, 1.807) is 0 Å². The Bertz CT molecular complexity index is 451. The smallest absolute Gasteiger partial charge is 0.317 e. The highest BCUT2D eigenvalue weighted by atomic mass is 16.4. The molecule has 1 heterocycles. The molecule has 0 unspecified atom stereocenters. The number of aliphatic carboxylic acids is 2. The van der Waals surface area contributed by atoms with E-state index in [1.165, 1.54) is 0 Å². The molecule has 0 spiro atoms. The molecule has 0 aromatic heterocycles. The van der Waals surface area contributed by atoms with Crippen molar-refractivity contribution in [3.8, 4) is 0 Å². The van der Waals surface area contributed by atoms with Gasteiger partial charge in [0, 0.05) is 65.4 Å². The topological polar surface area (TPSA) is 90.8 Å². The minimum atomic E-state index is -0.850. The second-order valence-corrected chi connectivity index (χ2v) is 7.38. The fourth-order valence-corrected chi connectivity index (χ4v) is 3.11. The van der Waals surface area contributed by atoms with E-state index in [4.69, 9.17) is 0 Å². The lowest BCUT2D eigenvalue weighted by Crippen LogP contribution is -2.44. The maximum atomic E-state index is 11.2. The summed E-state index contributed by atoms with van der Waals surface area (Å²) in [6.45, 7) is 10.9. The number of carboxylic acid groups (broad SMARTS) is 2. The first kappa shape index (κ1) is 23.8. The Balaban J connectivity index is 2.80. The summed E-state index contributed by atoms with van der Waals surface area (Å²) >= 11 is 0. The van der Waals surface area contributed by atoms with Gasteiger partial charge >= 0.3 is 11.9 Å². The third-order valence-corrected chi connectivity index (χ3v) is 5.09. The van der Waals surface area contributed by atoms with Crippen molar-refractivity contribution in [2.24, 2.45) is 0 Å². The zero-order valence-electron chi connectivity index (χ0n) is 17.1. The van der Waals surface area contributed by atoms with Crippen molar-refractivity contribution in [2.75, 3.05) is 99.2 Å². The predicted octanol–water partition coefficient (Wildman–Crippen LogP) is -1.04. The lowest BCUT2D eigenvalue weighted by molar-refractivity contribution is -0.140. The lowest BCUT2D eigenvalue weighted by Gasteiger charge is -2.28. The van der Waals surface area contributed by atoms with Crippen LogP contribution >= 0.6 is 0 Å². The number of hydrogen-bond acceptors (Lipinski definition) is 7. The highest BCUT2D eigenvalue weighted by Crippen LogP contribution is 1.99. The van der Waals surface area contributed by atoms with Crippen molar-refractivity contribution < 1.29 is 19.8 Å². The summed E-state index contributed by atoms with van der Waals surface area (Å²) in [5.41, 5.74) is 0. The third-order valence-electron chi connectivity index (χ3n) is 5.09. The summed E-state index contributed by atoms with van der Waals surface area (Å²) in [7, 11) is 4.17. The van der Waals surface area contributed by atoms with Crippen molar-refractivity contribution in [1.29, 1.82) is 0 Å². The molecule has 1 aliphatic rings. The second kappa shape index (κ2) is 13.0. The molecule has 1 fully saturated rings. The van der Waals surface area contributed by atoms with Gasteiger partial charge in [-0.1, -0.05) is 6.92 Å². The van der Waals surface area contributed by atoms with Gasteiger partial charge in [-0.05, 0) is 20.6 Å². The Morgan fingerprint density at radius 3 is 1.30 bits per heavy atom. The van der Waals surface area contributed by atoms with Crippen LogP contribution in [-0.2, 0) is 9.59 Å². The Morgan fingerprint density at radius 2 is 0.926 bits per heavy atom. The summed E-state index contributed by atoms with van der Waals surface area (Å²) in [5, 5.41) is 18.4. The van der Waals surface area contributed by atoms with Gasteiger partial charge in [0.15, 0.2) is 0 Å². The molecule has 9 heteroatoms. The maximum absolute atomic E-state index is 11.2. The quantitative estimate of drug-likeness (QED) is 0.614. The number of likely N-dealkylation sites (N-methyl/N-ethyl adjacent to an activating group) is 3. The van der Waals surface area contributed by atoms with E-state index in [2.05, 4.69) is 35.7 Å². The van der Waals surface area contributed by atoms with Crippen LogP contribution in [0.3, 0.4) is 0 Å². The monoisotopic (exact) mass is 387 g/mol. The molecule has 0 atom stereocenters. The van der Waals surface area contributed by atoms with E-state index in [1.807, 2.05) is 9.80 Å². The number of rotatable bonds is 5. The van der Waals surface area contributed by atoms with E-state index >= 15 is 0 Å². The van der Waals surface area contributed by atoms with Crippen molar-refractivity contribution in [3.63, 3.8) is 0 Å².